The van der Waals surface area contributed by atoms with Crippen molar-refractivity contribution in [3.05, 3.63) is 48.2 Å². The molecule has 0 bridgehead atoms. The minimum Gasteiger partial charge on any atom is -0.479 e. The van der Waals surface area contributed by atoms with E-state index in [4.69, 9.17) is 14.2 Å². The Kier molecular flexibility index (Phi) is 7.84. The highest BCUT2D eigenvalue weighted by atomic mass is 19.4. The molecule has 1 aromatic carbocycles. The van der Waals surface area contributed by atoms with Crippen molar-refractivity contribution < 1.29 is 41.7 Å². The second-order valence-electron chi connectivity index (χ2n) is 5.77. The van der Waals surface area contributed by atoms with E-state index >= 15 is 0 Å². The second kappa shape index (κ2) is 10.3. The lowest BCUT2D eigenvalue weighted by atomic mass is 10.3. The van der Waals surface area contributed by atoms with Gasteiger partial charge in [0, 0.05) is 19.3 Å². The van der Waals surface area contributed by atoms with E-state index in [2.05, 4.69) is 15.0 Å². The van der Waals surface area contributed by atoms with E-state index < -0.39 is 29.9 Å². The fourth-order valence-electron chi connectivity index (χ4n) is 2.03. The number of halogens is 3. The van der Waals surface area contributed by atoms with Crippen molar-refractivity contribution in [3.63, 3.8) is 0 Å². The molecule has 0 radical (unpaired) electrons. The lowest BCUT2D eigenvalue weighted by Gasteiger charge is -2.14. The quantitative estimate of drug-likeness (QED) is 0.507. The zero-order chi connectivity index (χ0) is 22.1. The summed E-state index contributed by atoms with van der Waals surface area (Å²) in [6, 6.07) is 8.01. The summed E-state index contributed by atoms with van der Waals surface area (Å²) in [4.78, 5) is 26.3. The Hall–Kier alpha value is -3.50. The zero-order valence-corrected chi connectivity index (χ0v) is 16.1. The predicted molar refractivity (Wildman–Crippen MR) is 97.2 cm³/mol. The van der Waals surface area contributed by atoms with Crippen LogP contribution in [0.2, 0.25) is 0 Å². The number of amides is 1. The summed E-state index contributed by atoms with van der Waals surface area (Å²) >= 11 is 0. The van der Waals surface area contributed by atoms with E-state index in [1.807, 2.05) is 0 Å². The van der Waals surface area contributed by atoms with Gasteiger partial charge in [-0.25, -0.2) is 14.6 Å². The molecule has 0 aliphatic heterocycles. The normalized spacial score (nSPS) is 11.9. The number of alkyl carbamates (subject to hydrolysis) is 1. The van der Waals surface area contributed by atoms with Crippen molar-refractivity contribution in [2.24, 2.45) is 0 Å². The maximum Gasteiger partial charge on any atom is 0.417 e. The van der Waals surface area contributed by atoms with Gasteiger partial charge in [0.15, 0.2) is 6.10 Å². The number of carbonyl (C=O) groups is 2. The lowest BCUT2D eigenvalue weighted by molar-refractivity contribution is -0.152. The fourth-order valence-corrected chi connectivity index (χ4v) is 2.03. The highest BCUT2D eigenvalue weighted by Gasteiger charge is 2.30. The Morgan fingerprint density at radius 1 is 1.03 bits per heavy atom. The van der Waals surface area contributed by atoms with Gasteiger partial charge in [0.05, 0.1) is 5.56 Å². The van der Waals surface area contributed by atoms with Gasteiger partial charge < -0.3 is 24.3 Å². The predicted octanol–water partition coefficient (Wildman–Crippen LogP) is 3.56. The average molecular weight is 428 g/mol. The van der Waals surface area contributed by atoms with Crippen molar-refractivity contribution in [2.45, 2.75) is 19.2 Å². The van der Waals surface area contributed by atoms with Gasteiger partial charge in [-0.1, -0.05) is 0 Å². The van der Waals surface area contributed by atoms with Crippen molar-refractivity contribution >= 4 is 12.1 Å². The largest absolute Gasteiger partial charge is 0.479 e. The summed E-state index contributed by atoms with van der Waals surface area (Å²) in [7, 11) is 1.40. The number of alkyl halides is 3. The summed E-state index contributed by atoms with van der Waals surface area (Å²) in [5, 5.41) is 2.25. The van der Waals surface area contributed by atoms with Gasteiger partial charge in [-0.05, 0) is 37.3 Å². The lowest BCUT2D eigenvalue weighted by Crippen LogP contribution is -2.28. The minimum absolute atomic E-state index is 0.00686. The van der Waals surface area contributed by atoms with E-state index in [1.54, 1.807) is 0 Å². The molecule has 0 aliphatic carbocycles. The smallest absolute Gasteiger partial charge is 0.417 e. The molecule has 2 aromatic rings. The third kappa shape index (κ3) is 7.15. The molecule has 1 N–H and O–H groups in total. The summed E-state index contributed by atoms with van der Waals surface area (Å²) < 4.78 is 58.0. The Morgan fingerprint density at radius 3 is 2.23 bits per heavy atom. The molecule has 8 nitrogen and oxygen atoms in total. The molecule has 11 heteroatoms. The maximum atomic E-state index is 12.5. The first-order valence-electron chi connectivity index (χ1n) is 8.68. The van der Waals surface area contributed by atoms with Crippen LogP contribution in [0.3, 0.4) is 0 Å². The van der Waals surface area contributed by atoms with Crippen LogP contribution in [-0.4, -0.2) is 43.4 Å². The van der Waals surface area contributed by atoms with Crippen LogP contribution >= 0.6 is 0 Å². The highest BCUT2D eigenvalue weighted by Crippen LogP contribution is 2.30. The Balaban J connectivity index is 1.82. The Bertz CT molecular complexity index is 841. The molecule has 1 aromatic heterocycles. The molecule has 0 spiro atoms. The Labute approximate surface area is 169 Å². The second-order valence-corrected chi connectivity index (χ2v) is 5.77. The van der Waals surface area contributed by atoms with Crippen molar-refractivity contribution in [3.8, 4) is 17.4 Å². The standard InChI is InChI=1S/C19H19F3N2O6/c1-12(17(25)27-9-10-28-18(26)23-2)29-14-4-6-15(7-5-14)30-16-8-3-13(11-24-16)19(20,21)22/h3-8,11-12H,9-10H2,1-2H3,(H,23,26). The number of hydrogen-bond donors (Lipinski definition) is 1. The zero-order valence-electron chi connectivity index (χ0n) is 16.1. The highest BCUT2D eigenvalue weighted by molar-refractivity contribution is 5.74. The molecule has 1 unspecified atom stereocenters. The van der Waals surface area contributed by atoms with E-state index in [0.717, 1.165) is 12.1 Å². The van der Waals surface area contributed by atoms with Crippen molar-refractivity contribution in [1.82, 2.24) is 10.3 Å². The van der Waals surface area contributed by atoms with E-state index in [1.165, 1.54) is 38.2 Å². The number of pyridine rings is 1. The van der Waals surface area contributed by atoms with Gasteiger partial charge >= 0.3 is 18.2 Å². The molecule has 1 amide bonds. The van der Waals surface area contributed by atoms with Crippen LogP contribution in [0, 0.1) is 0 Å². The molecule has 0 fully saturated rings. The molecular formula is C19H19F3N2O6. The van der Waals surface area contributed by atoms with Crippen LogP contribution in [0.1, 0.15) is 12.5 Å². The molecule has 30 heavy (non-hydrogen) atoms. The number of nitrogens with one attached hydrogen (secondary N) is 1. The number of benzene rings is 1. The maximum absolute atomic E-state index is 12.5. The van der Waals surface area contributed by atoms with Crippen LogP contribution in [0.5, 0.6) is 17.4 Å². The van der Waals surface area contributed by atoms with E-state index in [0.29, 0.717) is 17.7 Å². The van der Waals surface area contributed by atoms with Gasteiger partial charge in [-0.3, -0.25) is 0 Å². The summed E-state index contributed by atoms with van der Waals surface area (Å²) in [6.07, 6.45) is -5.35. The fraction of sp³-hybridized carbons (Fsp3) is 0.316. The SMILES string of the molecule is CNC(=O)OCCOC(=O)C(C)Oc1ccc(Oc2ccc(C(F)(F)F)cn2)cc1. The minimum atomic E-state index is -4.47. The molecular weight excluding hydrogens is 409 g/mol. The van der Waals surface area contributed by atoms with Crippen LogP contribution < -0.4 is 14.8 Å². The molecule has 0 aliphatic rings. The third-order valence-electron chi connectivity index (χ3n) is 3.52. The molecule has 2 rings (SSSR count). The molecule has 0 saturated heterocycles. The molecule has 0 saturated carbocycles. The van der Waals surface area contributed by atoms with E-state index in [-0.39, 0.29) is 19.1 Å². The van der Waals surface area contributed by atoms with E-state index in [9.17, 15) is 22.8 Å². The van der Waals surface area contributed by atoms with Gasteiger partial charge in [-0.15, -0.1) is 0 Å². The number of nitrogens with zero attached hydrogens (tertiary/aromatic N) is 1. The van der Waals surface area contributed by atoms with Gasteiger partial charge in [0.25, 0.3) is 0 Å². The number of ether oxygens (including phenoxy) is 4. The Morgan fingerprint density at radius 2 is 1.67 bits per heavy atom. The van der Waals surface area contributed by atoms with Crippen LogP contribution in [-0.2, 0) is 20.4 Å². The first-order chi connectivity index (χ1) is 14.2. The monoisotopic (exact) mass is 428 g/mol. The van der Waals surface area contributed by atoms with Crippen LogP contribution in [0.15, 0.2) is 42.6 Å². The number of carbonyl (C=O) groups excluding carboxylic acids is 2. The topological polar surface area (TPSA) is 96.0 Å². The van der Waals surface area contributed by atoms with Gasteiger partial charge in [-0.2, -0.15) is 13.2 Å². The first-order valence-corrected chi connectivity index (χ1v) is 8.68. The van der Waals surface area contributed by atoms with Gasteiger partial charge in [0.1, 0.15) is 24.7 Å². The third-order valence-corrected chi connectivity index (χ3v) is 3.52. The van der Waals surface area contributed by atoms with Crippen LogP contribution in [0.25, 0.3) is 0 Å². The molecule has 1 heterocycles. The van der Waals surface area contributed by atoms with Crippen molar-refractivity contribution in [2.75, 3.05) is 20.3 Å². The number of aromatic nitrogens is 1. The van der Waals surface area contributed by atoms with Gasteiger partial charge in [0.2, 0.25) is 5.88 Å². The van der Waals surface area contributed by atoms with Crippen molar-refractivity contribution in [1.29, 1.82) is 0 Å². The average Bonchev–Trinajstić information content (AvgIpc) is 2.72. The summed E-state index contributed by atoms with van der Waals surface area (Å²) in [5.74, 6) is 0.00218. The number of rotatable bonds is 8. The molecule has 1 atom stereocenters. The first kappa shape index (κ1) is 22.8. The summed E-state index contributed by atoms with van der Waals surface area (Å²) in [5.41, 5.74) is -0.875. The number of hydrogen-bond acceptors (Lipinski definition) is 7. The molecule has 162 valence electrons. The van der Waals surface area contributed by atoms with Crippen LogP contribution in [0.4, 0.5) is 18.0 Å². The summed E-state index contributed by atoms with van der Waals surface area (Å²) in [6.45, 7) is 1.27. The number of esters is 1.